The zero-order valence-corrected chi connectivity index (χ0v) is 11.9. The number of nitrogens with one attached hydrogen (secondary N) is 1. The Balaban J connectivity index is 2.60. The van der Waals surface area contributed by atoms with Crippen LogP contribution in [0.2, 0.25) is 0 Å². The maximum Gasteiger partial charge on any atom is 0.410 e. The van der Waals surface area contributed by atoms with Crippen LogP contribution < -0.4 is 5.32 Å². The highest BCUT2D eigenvalue weighted by molar-refractivity contribution is 5.73. The number of nitrogens with zero attached hydrogens (tertiary/aromatic N) is 1. The van der Waals surface area contributed by atoms with Gasteiger partial charge < -0.3 is 15.0 Å². The molecule has 0 saturated carbocycles. The maximum atomic E-state index is 12.0. The van der Waals surface area contributed by atoms with E-state index in [0.717, 1.165) is 6.42 Å². The summed E-state index contributed by atoms with van der Waals surface area (Å²) in [6, 6.07) is 0.0266. The quantitative estimate of drug-likeness (QED) is 0.778. The van der Waals surface area contributed by atoms with Gasteiger partial charge in [0.15, 0.2) is 0 Å². The van der Waals surface area contributed by atoms with Crippen LogP contribution in [0.4, 0.5) is 4.79 Å². The standard InChI is InChI=1S/C13H24N2O3/c1-9-6-11(14-10(2)16)8-15(7-9)12(17)18-13(3,4)5/h9,11H,6-8H2,1-5H3,(H,14,16). The van der Waals surface area contributed by atoms with Gasteiger partial charge in [-0.3, -0.25) is 4.79 Å². The van der Waals surface area contributed by atoms with Gasteiger partial charge in [-0.2, -0.15) is 0 Å². The molecular formula is C13H24N2O3. The summed E-state index contributed by atoms with van der Waals surface area (Å²) in [6.45, 7) is 10.3. The summed E-state index contributed by atoms with van der Waals surface area (Å²) >= 11 is 0. The van der Waals surface area contributed by atoms with Crippen LogP contribution in [-0.4, -0.2) is 41.6 Å². The fourth-order valence-electron chi connectivity index (χ4n) is 2.22. The number of hydrogen-bond acceptors (Lipinski definition) is 3. The van der Waals surface area contributed by atoms with Crippen molar-refractivity contribution in [3.63, 3.8) is 0 Å². The van der Waals surface area contributed by atoms with E-state index in [0.29, 0.717) is 19.0 Å². The lowest BCUT2D eigenvalue weighted by Gasteiger charge is -2.37. The molecule has 1 aliphatic rings. The molecule has 1 N–H and O–H groups in total. The number of carbonyl (C=O) groups excluding carboxylic acids is 2. The third-order valence-electron chi connectivity index (χ3n) is 2.72. The molecule has 1 heterocycles. The molecule has 0 aromatic carbocycles. The number of rotatable bonds is 1. The summed E-state index contributed by atoms with van der Waals surface area (Å²) in [7, 11) is 0. The van der Waals surface area contributed by atoms with E-state index in [1.54, 1.807) is 4.90 Å². The average Bonchev–Trinajstić information content (AvgIpc) is 2.12. The molecule has 0 spiro atoms. The molecule has 1 aliphatic heterocycles. The van der Waals surface area contributed by atoms with Crippen molar-refractivity contribution in [2.24, 2.45) is 5.92 Å². The molecule has 1 rings (SSSR count). The van der Waals surface area contributed by atoms with E-state index in [4.69, 9.17) is 4.74 Å². The van der Waals surface area contributed by atoms with Gasteiger partial charge in [-0.25, -0.2) is 4.79 Å². The number of carbonyl (C=O) groups is 2. The molecule has 2 unspecified atom stereocenters. The molecule has 0 aliphatic carbocycles. The average molecular weight is 256 g/mol. The summed E-state index contributed by atoms with van der Waals surface area (Å²) in [4.78, 5) is 24.7. The van der Waals surface area contributed by atoms with Gasteiger partial charge in [0.05, 0.1) is 0 Å². The van der Waals surface area contributed by atoms with Crippen LogP contribution in [0, 0.1) is 5.92 Å². The van der Waals surface area contributed by atoms with Crippen LogP contribution in [0.3, 0.4) is 0 Å². The van der Waals surface area contributed by atoms with Gasteiger partial charge in [-0.1, -0.05) is 6.92 Å². The van der Waals surface area contributed by atoms with Gasteiger partial charge in [0.25, 0.3) is 0 Å². The molecule has 18 heavy (non-hydrogen) atoms. The van der Waals surface area contributed by atoms with Crippen molar-refractivity contribution in [1.82, 2.24) is 10.2 Å². The minimum Gasteiger partial charge on any atom is -0.444 e. The maximum absolute atomic E-state index is 12.0. The highest BCUT2D eigenvalue weighted by Crippen LogP contribution is 2.19. The third kappa shape index (κ3) is 4.94. The van der Waals surface area contributed by atoms with Gasteiger partial charge in [-0.15, -0.1) is 0 Å². The van der Waals surface area contributed by atoms with E-state index >= 15 is 0 Å². The lowest BCUT2D eigenvalue weighted by Crippen LogP contribution is -2.52. The molecule has 5 heteroatoms. The molecule has 1 saturated heterocycles. The first kappa shape index (κ1) is 14.8. The zero-order valence-electron chi connectivity index (χ0n) is 11.9. The van der Waals surface area contributed by atoms with Crippen molar-refractivity contribution in [2.45, 2.75) is 52.7 Å². The second-order valence-corrected chi connectivity index (χ2v) is 6.12. The van der Waals surface area contributed by atoms with Crippen molar-refractivity contribution >= 4 is 12.0 Å². The van der Waals surface area contributed by atoms with Crippen LogP contribution in [0.5, 0.6) is 0 Å². The molecule has 0 aromatic heterocycles. The molecular weight excluding hydrogens is 232 g/mol. The Morgan fingerprint density at radius 2 is 1.89 bits per heavy atom. The minimum absolute atomic E-state index is 0.0266. The van der Waals surface area contributed by atoms with E-state index in [-0.39, 0.29) is 18.0 Å². The summed E-state index contributed by atoms with van der Waals surface area (Å²) in [6.07, 6.45) is 0.600. The summed E-state index contributed by atoms with van der Waals surface area (Å²) in [5.41, 5.74) is -0.485. The Morgan fingerprint density at radius 3 is 2.39 bits per heavy atom. The molecule has 104 valence electrons. The number of ether oxygens (including phenoxy) is 1. The van der Waals surface area contributed by atoms with Crippen LogP contribution >= 0.6 is 0 Å². The van der Waals surface area contributed by atoms with E-state index < -0.39 is 5.60 Å². The topological polar surface area (TPSA) is 58.6 Å². The molecule has 1 fully saturated rings. The van der Waals surface area contributed by atoms with Crippen molar-refractivity contribution in [1.29, 1.82) is 0 Å². The molecule has 0 bridgehead atoms. The van der Waals surface area contributed by atoms with Crippen LogP contribution in [0.25, 0.3) is 0 Å². The van der Waals surface area contributed by atoms with Gasteiger partial charge in [0, 0.05) is 26.1 Å². The summed E-state index contributed by atoms with van der Waals surface area (Å²) < 4.78 is 5.35. The van der Waals surface area contributed by atoms with Crippen LogP contribution in [0.1, 0.15) is 41.0 Å². The number of likely N-dealkylation sites (tertiary alicyclic amines) is 1. The van der Waals surface area contributed by atoms with Crippen molar-refractivity contribution in [3.8, 4) is 0 Å². The first-order valence-corrected chi connectivity index (χ1v) is 6.42. The van der Waals surface area contributed by atoms with Gasteiger partial charge in [0.1, 0.15) is 5.60 Å². The normalized spacial score (nSPS) is 24.6. The van der Waals surface area contributed by atoms with Gasteiger partial charge in [0.2, 0.25) is 5.91 Å². The lowest BCUT2D eigenvalue weighted by atomic mass is 9.96. The van der Waals surface area contributed by atoms with Crippen molar-refractivity contribution in [2.75, 3.05) is 13.1 Å². The largest absolute Gasteiger partial charge is 0.444 e. The highest BCUT2D eigenvalue weighted by atomic mass is 16.6. The fraction of sp³-hybridized carbons (Fsp3) is 0.846. The number of piperidine rings is 1. The van der Waals surface area contributed by atoms with Crippen molar-refractivity contribution < 1.29 is 14.3 Å². The number of amides is 2. The van der Waals surface area contributed by atoms with E-state index in [9.17, 15) is 9.59 Å². The van der Waals surface area contributed by atoms with E-state index in [1.807, 2.05) is 20.8 Å². The first-order valence-electron chi connectivity index (χ1n) is 6.42. The molecule has 0 aromatic rings. The number of hydrogen-bond donors (Lipinski definition) is 1. The van der Waals surface area contributed by atoms with Gasteiger partial charge >= 0.3 is 6.09 Å². The van der Waals surface area contributed by atoms with Gasteiger partial charge in [-0.05, 0) is 33.1 Å². The SMILES string of the molecule is CC(=O)NC1CC(C)CN(C(=O)OC(C)(C)C)C1. The Hall–Kier alpha value is -1.26. The summed E-state index contributed by atoms with van der Waals surface area (Å²) in [5.74, 6) is 0.307. The van der Waals surface area contributed by atoms with E-state index in [2.05, 4.69) is 12.2 Å². The fourth-order valence-corrected chi connectivity index (χ4v) is 2.22. The second-order valence-electron chi connectivity index (χ2n) is 6.12. The monoisotopic (exact) mass is 256 g/mol. The second kappa shape index (κ2) is 5.59. The third-order valence-corrected chi connectivity index (χ3v) is 2.72. The Bertz CT molecular complexity index is 323. The zero-order chi connectivity index (χ0) is 13.9. The molecule has 0 radical (unpaired) electrons. The van der Waals surface area contributed by atoms with Crippen molar-refractivity contribution in [3.05, 3.63) is 0 Å². The van der Waals surface area contributed by atoms with Crippen LogP contribution in [0.15, 0.2) is 0 Å². The Kier molecular flexibility index (Phi) is 4.59. The first-order chi connectivity index (χ1) is 8.17. The highest BCUT2D eigenvalue weighted by Gasteiger charge is 2.30. The molecule has 5 nitrogen and oxygen atoms in total. The lowest BCUT2D eigenvalue weighted by molar-refractivity contribution is -0.120. The minimum atomic E-state index is -0.485. The summed E-state index contributed by atoms with van der Waals surface area (Å²) in [5, 5.41) is 2.87. The predicted molar refractivity (Wildman–Crippen MR) is 69.2 cm³/mol. The van der Waals surface area contributed by atoms with Crippen LogP contribution in [-0.2, 0) is 9.53 Å². The molecule has 2 amide bonds. The predicted octanol–water partition coefficient (Wildman–Crippen LogP) is 1.77. The molecule has 2 atom stereocenters. The Morgan fingerprint density at radius 1 is 1.28 bits per heavy atom. The van der Waals surface area contributed by atoms with E-state index in [1.165, 1.54) is 6.92 Å². The Labute approximate surface area is 109 Å². The smallest absolute Gasteiger partial charge is 0.410 e.